The molecule has 1 aromatic carbocycles. The average molecular weight is 318 g/mol. The van der Waals surface area contributed by atoms with Crippen LogP contribution in [0.4, 0.5) is 0 Å². The van der Waals surface area contributed by atoms with E-state index in [1.165, 1.54) is 0 Å². The number of thiazole rings is 1. The number of aliphatic hydroxyl groups excluding tert-OH is 1. The van der Waals surface area contributed by atoms with Crippen molar-refractivity contribution in [2.24, 2.45) is 0 Å². The molecule has 5 heteroatoms. The number of nitrogens with one attached hydrogen (secondary N) is 1. The van der Waals surface area contributed by atoms with Crippen molar-refractivity contribution in [2.45, 2.75) is 38.7 Å². The van der Waals surface area contributed by atoms with Crippen LogP contribution >= 0.6 is 11.3 Å². The molecular weight excluding hydrogens is 296 g/mol. The van der Waals surface area contributed by atoms with Gasteiger partial charge < -0.3 is 10.4 Å². The summed E-state index contributed by atoms with van der Waals surface area (Å²) in [4.78, 5) is 16.5. The highest BCUT2D eigenvalue weighted by Gasteiger charge is 2.19. The van der Waals surface area contributed by atoms with Crippen LogP contribution in [0, 0.1) is 0 Å². The predicted octanol–water partition coefficient (Wildman–Crippen LogP) is 2.83. The molecule has 1 atom stereocenters. The number of amides is 1. The van der Waals surface area contributed by atoms with Gasteiger partial charge in [-0.2, -0.15) is 0 Å². The SMILES string of the molecule is CC(C)(C)c1nc(CCNC(=O)C(O)c2ccccc2)cs1. The lowest BCUT2D eigenvalue weighted by molar-refractivity contribution is -0.129. The molecule has 0 spiro atoms. The lowest BCUT2D eigenvalue weighted by atomic mass is 9.98. The van der Waals surface area contributed by atoms with E-state index in [4.69, 9.17) is 0 Å². The summed E-state index contributed by atoms with van der Waals surface area (Å²) in [7, 11) is 0. The van der Waals surface area contributed by atoms with E-state index in [0.717, 1.165) is 10.7 Å². The summed E-state index contributed by atoms with van der Waals surface area (Å²) in [5.74, 6) is -0.377. The molecule has 118 valence electrons. The molecule has 0 saturated carbocycles. The minimum absolute atomic E-state index is 0.0513. The first-order valence-electron chi connectivity index (χ1n) is 7.33. The van der Waals surface area contributed by atoms with Crippen molar-refractivity contribution in [3.05, 3.63) is 52.0 Å². The fraction of sp³-hybridized carbons (Fsp3) is 0.412. The summed E-state index contributed by atoms with van der Waals surface area (Å²) in [6.45, 7) is 6.87. The Labute approximate surface area is 135 Å². The maximum Gasteiger partial charge on any atom is 0.253 e. The largest absolute Gasteiger partial charge is 0.378 e. The molecule has 1 aromatic heterocycles. The molecular formula is C17H22N2O2S. The topological polar surface area (TPSA) is 62.2 Å². The molecule has 0 radical (unpaired) electrons. The molecule has 0 aliphatic heterocycles. The number of nitrogens with zero attached hydrogens (tertiary/aromatic N) is 1. The molecule has 0 aliphatic rings. The summed E-state index contributed by atoms with van der Waals surface area (Å²) >= 11 is 1.65. The summed E-state index contributed by atoms with van der Waals surface area (Å²) < 4.78 is 0. The number of aliphatic hydroxyl groups is 1. The minimum Gasteiger partial charge on any atom is -0.378 e. The maximum absolute atomic E-state index is 11.9. The third-order valence-electron chi connectivity index (χ3n) is 3.24. The Morgan fingerprint density at radius 1 is 1.32 bits per heavy atom. The van der Waals surface area contributed by atoms with Crippen LogP contribution in [0.25, 0.3) is 0 Å². The number of rotatable bonds is 5. The molecule has 0 aliphatic carbocycles. The zero-order chi connectivity index (χ0) is 16.2. The average Bonchev–Trinajstić information content (AvgIpc) is 2.96. The van der Waals surface area contributed by atoms with Crippen LogP contribution in [0.2, 0.25) is 0 Å². The molecule has 2 rings (SSSR count). The number of benzene rings is 1. The van der Waals surface area contributed by atoms with Crippen LogP contribution in [0.15, 0.2) is 35.7 Å². The third-order valence-corrected chi connectivity index (χ3v) is 4.55. The quantitative estimate of drug-likeness (QED) is 0.891. The van der Waals surface area contributed by atoms with E-state index >= 15 is 0 Å². The smallest absolute Gasteiger partial charge is 0.253 e. The molecule has 22 heavy (non-hydrogen) atoms. The second-order valence-electron chi connectivity index (χ2n) is 6.25. The molecule has 0 fully saturated rings. The highest BCUT2D eigenvalue weighted by atomic mass is 32.1. The van der Waals surface area contributed by atoms with E-state index in [2.05, 4.69) is 31.1 Å². The van der Waals surface area contributed by atoms with Crippen molar-refractivity contribution in [1.82, 2.24) is 10.3 Å². The van der Waals surface area contributed by atoms with Crippen molar-refractivity contribution < 1.29 is 9.90 Å². The summed E-state index contributed by atoms with van der Waals surface area (Å²) in [5, 5.41) is 15.8. The summed E-state index contributed by atoms with van der Waals surface area (Å²) in [5.41, 5.74) is 1.63. The monoisotopic (exact) mass is 318 g/mol. The van der Waals surface area contributed by atoms with E-state index in [0.29, 0.717) is 18.5 Å². The van der Waals surface area contributed by atoms with Gasteiger partial charge in [0.1, 0.15) is 0 Å². The molecule has 2 N–H and O–H groups in total. The van der Waals surface area contributed by atoms with Gasteiger partial charge in [-0.25, -0.2) is 4.98 Å². The van der Waals surface area contributed by atoms with Crippen molar-refractivity contribution >= 4 is 17.2 Å². The Hall–Kier alpha value is -1.72. The number of aromatic nitrogens is 1. The fourth-order valence-corrected chi connectivity index (χ4v) is 2.91. The van der Waals surface area contributed by atoms with Crippen molar-refractivity contribution in [1.29, 1.82) is 0 Å². The normalized spacial score (nSPS) is 12.9. The van der Waals surface area contributed by atoms with E-state index in [-0.39, 0.29) is 11.3 Å². The van der Waals surface area contributed by atoms with Crippen molar-refractivity contribution in [3.8, 4) is 0 Å². The van der Waals surface area contributed by atoms with Gasteiger partial charge in [0.2, 0.25) is 0 Å². The van der Waals surface area contributed by atoms with E-state index in [1.807, 2.05) is 11.4 Å². The van der Waals surface area contributed by atoms with E-state index in [1.54, 1.807) is 35.6 Å². The maximum atomic E-state index is 11.9. The lowest BCUT2D eigenvalue weighted by Crippen LogP contribution is -2.31. The molecule has 0 bridgehead atoms. The minimum atomic E-state index is -1.12. The zero-order valence-electron chi connectivity index (χ0n) is 13.2. The van der Waals surface area contributed by atoms with E-state index in [9.17, 15) is 9.90 Å². The van der Waals surface area contributed by atoms with Gasteiger partial charge in [-0.3, -0.25) is 4.79 Å². The Bertz CT molecular complexity index is 617. The number of carbonyl (C=O) groups is 1. The lowest BCUT2D eigenvalue weighted by Gasteiger charge is -2.13. The van der Waals surface area contributed by atoms with Gasteiger partial charge in [0.05, 0.1) is 10.7 Å². The third kappa shape index (κ3) is 4.39. The van der Waals surface area contributed by atoms with Gasteiger partial charge in [-0.15, -0.1) is 11.3 Å². The van der Waals surface area contributed by atoms with Gasteiger partial charge >= 0.3 is 0 Å². The van der Waals surface area contributed by atoms with Crippen molar-refractivity contribution in [2.75, 3.05) is 6.54 Å². The van der Waals surface area contributed by atoms with Gasteiger partial charge in [-0.1, -0.05) is 51.1 Å². The van der Waals surface area contributed by atoms with Crippen molar-refractivity contribution in [3.63, 3.8) is 0 Å². The molecule has 1 unspecified atom stereocenters. The van der Waals surface area contributed by atoms with E-state index < -0.39 is 6.10 Å². The molecule has 2 aromatic rings. The fourth-order valence-electron chi connectivity index (χ4n) is 1.96. The standard InChI is InChI=1S/C17H22N2O2S/c1-17(2,3)16-19-13(11-22-16)9-10-18-15(21)14(20)12-7-5-4-6-8-12/h4-8,11,14,20H,9-10H2,1-3H3,(H,18,21). The second kappa shape index (κ2) is 7.03. The molecule has 4 nitrogen and oxygen atoms in total. The highest BCUT2D eigenvalue weighted by Crippen LogP contribution is 2.25. The first kappa shape index (κ1) is 16.6. The highest BCUT2D eigenvalue weighted by molar-refractivity contribution is 7.09. The molecule has 1 heterocycles. The second-order valence-corrected chi connectivity index (χ2v) is 7.11. The Morgan fingerprint density at radius 2 is 2.00 bits per heavy atom. The Balaban J connectivity index is 1.83. The van der Waals surface area contributed by atoms with Gasteiger partial charge in [0.25, 0.3) is 5.91 Å². The van der Waals surface area contributed by atoms with Gasteiger partial charge in [-0.05, 0) is 5.56 Å². The van der Waals surface area contributed by atoms with Crippen LogP contribution in [0.1, 0.15) is 43.1 Å². The Morgan fingerprint density at radius 3 is 2.59 bits per heavy atom. The van der Waals surface area contributed by atoms with Crippen LogP contribution in [-0.4, -0.2) is 22.5 Å². The van der Waals surface area contributed by atoms with Gasteiger partial charge in [0, 0.05) is 23.8 Å². The summed E-state index contributed by atoms with van der Waals surface area (Å²) in [6, 6.07) is 8.92. The first-order chi connectivity index (χ1) is 10.4. The van der Waals surface area contributed by atoms with Crippen LogP contribution < -0.4 is 5.32 Å². The predicted molar refractivity (Wildman–Crippen MR) is 88.9 cm³/mol. The number of carbonyl (C=O) groups excluding carboxylic acids is 1. The van der Waals surface area contributed by atoms with Gasteiger partial charge in [0.15, 0.2) is 6.10 Å². The van der Waals surface area contributed by atoms with Crippen LogP contribution in [-0.2, 0) is 16.6 Å². The number of hydrogen-bond donors (Lipinski definition) is 2. The molecule has 1 amide bonds. The summed E-state index contributed by atoms with van der Waals surface area (Å²) in [6.07, 6.45) is -0.457. The zero-order valence-corrected chi connectivity index (χ0v) is 14.0. The van der Waals surface area contributed by atoms with Crippen LogP contribution in [0.3, 0.4) is 0 Å². The Kier molecular flexibility index (Phi) is 5.32. The molecule has 0 saturated heterocycles. The number of hydrogen-bond acceptors (Lipinski definition) is 4. The van der Waals surface area contributed by atoms with Crippen LogP contribution in [0.5, 0.6) is 0 Å². The first-order valence-corrected chi connectivity index (χ1v) is 8.21.